The summed E-state index contributed by atoms with van der Waals surface area (Å²) in [6.45, 7) is 0.501. The first kappa shape index (κ1) is 14.1. The van der Waals surface area contributed by atoms with Crippen molar-refractivity contribution in [1.29, 1.82) is 0 Å². The number of hydrogen-bond acceptors (Lipinski definition) is 3. The van der Waals surface area contributed by atoms with Crippen LogP contribution in [0.5, 0.6) is 0 Å². The molecule has 0 bridgehead atoms. The van der Waals surface area contributed by atoms with E-state index >= 15 is 0 Å². The minimum atomic E-state index is -0.673. The molecule has 0 spiro atoms. The fourth-order valence-electron chi connectivity index (χ4n) is 2.64. The van der Waals surface area contributed by atoms with Gasteiger partial charge in [0.2, 0.25) is 0 Å². The Morgan fingerprint density at radius 2 is 2.00 bits per heavy atom. The van der Waals surface area contributed by atoms with Crippen LogP contribution in [-0.4, -0.2) is 20.0 Å². The van der Waals surface area contributed by atoms with Gasteiger partial charge in [0.1, 0.15) is 11.4 Å². The van der Waals surface area contributed by atoms with Crippen molar-refractivity contribution in [1.82, 2.24) is 25.3 Å². The van der Waals surface area contributed by atoms with Crippen LogP contribution < -0.4 is 5.32 Å². The van der Waals surface area contributed by atoms with Crippen LogP contribution in [0.25, 0.3) is 21.4 Å². The van der Waals surface area contributed by atoms with Gasteiger partial charge in [-0.25, -0.2) is 13.5 Å². The maximum atomic E-state index is 14.2. The Hall–Kier alpha value is -2.48. The summed E-state index contributed by atoms with van der Waals surface area (Å²) in [5.74, 6) is -1.35. The molecular formula is C15H10BrF2N5. The molecule has 0 radical (unpaired) electrons. The van der Waals surface area contributed by atoms with Gasteiger partial charge in [-0.1, -0.05) is 6.07 Å². The Balaban J connectivity index is 2.04. The van der Waals surface area contributed by atoms with Crippen LogP contribution in [0.4, 0.5) is 8.78 Å². The van der Waals surface area contributed by atoms with Crippen LogP contribution in [0.1, 0.15) is 11.3 Å². The molecule has 4 rings (SSSR count). The standard InChI is InChI=1S/C15H10BrF2N5/c16-10-7-19-6-9-13(8-4-20-21-5-8)22-23(14(9)10)15-11(17)2-1-3-12(15)18/h1-5,7,19H,6H2,(H,20,21). The summed E-state index contributed by atoms with van der Waals surface area (Å²) >= 11 is 3.43. The normalized spacial score (nSPS) is 13.4. The smallest absolute Gasteiger partial charge is 0.151 e. The summed E-state index contributed by atoms with van der Waals surface area (Å²) in [5.41, 5.74) is 2.62. The second-order valence-corrected chi connectivity index (χ2v) is 5.87. The molecule has 0 fully saturated rings. The summed E-state index contributed by atoms with van der Waals surface area (Å²) < 4.78 is 30.4. The van der Waals surface area contributed by atoms with E-state index in [1.807, 2.05) is 0 Å². The number of aromatic nitrogens is 4. The summed E-state index contributed by atoms with van der Waals surface area (Å²) in [4.78, 5) is 0. The van der Waals surface area contributed by atoms with E-state index in [4.69, 9.17) is 0 Å². The molecule has 2 N–H and O–H groups in total. The molecule has 5 nitrogen and oxygen atoms in total. The fourth-order valence-corrected chi connectivity index (χ4v) is 3.21. The molecule has 1 aliphatic heterocycles. The second kappa shape index (κ2) is 5.31. The number of H-pyrrole nitrogens is 1. The number of benzene rings is 1. The zero-order valence-electron chi connectivity index (χ0n) is 11.6. The van der Waals surface area contributed by atoms with Gasteiger partial charge in [-0.2, -0.15) is 10.2 Å². The van der Waals surface area contributed by atoms with E-state index in [0.717, 1.165) is 11.1 Å². The van der Waals surface area contributed by atoms with E-state index in [0.29, 0.717) is 22.4 Å². The third kappa shape index (κ3) is 2.17. The number of para-hydroxylation sites is 1. The SMILES string of the molecule is Fc1cccc(F)c1-n1nc(-c2cn[nH]c2)c2c1C(Br)=CNC2. The average molecular weight is 378 g/mol. The van der Waals surface area contributed by atoms with Crippen molar-refractivity contribution in [2.45, 2.75) is 6.54 Å². The van der Waals surface area contributed by atoms with Crippen molar-refractivity contribution >= 4 is 20.4 Å². The third-order valence-electron chi connectivity index (χ3n) is 3.64. The molecule has 1 aromatic carbocycles. The topological polar surface area (TPSA) is 58.5 Å². The Labute approximate surface area is 138 Å². The highest BCUT2D eigenvalue weighted by molar-refractivity contribution is 9.15. The van der Waals surface area contributed by atoms with Gasteiger partial charge in [-0.05, 0) is 28.1 Å². The Kier molecular flexibility index (Phi) is 3.26. The molecule has 0 saturated heterocycles. The predicted molar refractivity (Wildman–Crippen MR) is 84.8 cm³/mol. The van der Waals surface area contributed by atoms with Crippen molar-refractivity contribution in [3.63, 3.8) is 0 Å². The zero-order valence-corrected chi connectivity index (χ0v) is 13.2. The fraction of sp³-hybridized carbons (Fsp3) is 0.0667. The first-order valence-corrected chi connectivity index (χ1v) is 7.61. The van der Waals surface area contributed by atoms with E-state index in [2.05, 4.69) is 36.5 Å². The largest absolute Gasteiger partial charge is 0.386 e. The first-order chi connectivity index (χ1) is 11.2. The van der Waals surface area contributed by atoms with E-state index in [-0.39, 0.29) is 5.69 Å². The van der Waals surface area contributed by atoms with Crippen molar-refractivity contribution in [3.05, 3.63) is 59.7 Å². The minimum absolute atomic E-state index is 0.203. The summed E-state index contributed by atoms with van der Waals surface area (Å²) in [5, 5.41) is 14.2. The summed E-state index contributed by atoms with van der Waals surface area (Å²) in [6.07, 6.45) is 5.05. The summed E-state index contributed by atoms with van der Waals surface area (Å²) in [6, 6.07) is 3.75. The lowest BCUT2D eigenvalue weighted by atomic mass is 10.1. The average Bonchev–Trinajstić information content (AvgIpc) is 3.15. The van der Waals surface area contributed by atoms with Crippen LogP contribution in [0, 0.1) is 11.6 Å². The van der Waals surface area contributed by atoms with Gasteiger partial charge in [0.05, 0.1) is 16.4 Å². The van der Waals surface area contributed by atoms with Gasteiger partial charge in [0, 0.05) is 30.1 Å². The molecule has 0 aliphatic carbocycles. The lowest BCUT2D eigenvalue weighted by molar-refractivity contribution is 0.559. The first-order valence-electron chi connectivity index (χ1n) is 6.81. The number of nitrogens with one attached hydrogen (secondary N) is 2. The minimum Gasteiger partial charge on any atom is -0.386 e. The van der Waals surface area contributed by atoms with Crippen molar-refractivity contribution < 1.29 is 8.78 Å². The molecule has 0 saturated carbocycles. The number of fused-ring (bicyclic) bond motifs is 1. The quantitative estimate of drug-likeness (QED) is 0.719. The lowest BCUT2D eigenvalue weighted by Gasteiger charge is -2.15. The molecule has 2 aromatic heterocycles. The number of nitrogens with zero attached hydrogens (tertiary/aromatic N) is 3. The maximum Gasteiger partial charge on any atom is 0.151 e. The molecule has 3 aromatic rings. The molecule has 23 heavy (non-hydrogen) atoms. The summed E-state index contributed by atoms with van der Waals surface area (Å²) in [7, 11) is 0. The molecule has 1 aliphatic rings. The number of aromatic amines is 1. The van der Waals surface area contributed by atoms with E-state index in [1.165, 1.54) is 22.9 Å². The molecule has 8 heteroatoms. The molecule has 0 atom stereocenters. The highest BCUT2D eigenvalue weighted by Crippen LogP contribution is 2.36. The van der Waals surface area contributed by atoms with Crippen molar-refractivity contribution in [2.75, 3.05) is 0 Å². The maximum absolute atomic E-state index is 14.2. The number of rotatable bonds is 2. The Morgan fingerprint density at radius 3 is 2.70 bits per heavy atom. The highest BCUT2D eigenvalue weighted by Gasteiger charge is 2.27. The Bertz CT molecular complexity index is 894. The van der Waals surface area contributed by atoms with E-state index in [9.17, 15) is 8.78 Å². The van der Waals surface area contributed by atoms with Gasteiger partial charge in [-0.15, -0.1) is 0 Å². The van der Waals surface area contributed by atoms with Gasteiger partial charge < -0.3 is 5.32 Å². The van der Waals surface area contributed by atoms with Crippen LogP contribution in [0.2, 0.25) is 0 Å². The highest BCUT2D eigenvalue weighted by atomic mass is 79.9. The van der Waals surface area contributed by atoms with E-state index in [1.54, 1.807) is 18.6 Å². The molecule has 0 amide bonds. The third-order valence-corrected chi connectivity index (χ3v) is 4.24. The monoisotopic (exact) mass is 377 g/mol. The number of hydrogen-bond donors (Lipinski definition) is 2. The molecule has 0 unspecified atom stereocenters. The predicted octanol–water partition coefficient (Wildman–Crippen LogP) is 3.34. The molecular weight excluding hydrogens is 368 g/mol. The molecule has 116 valence electrons. The van der Waals surface area contributed by atoms with Crippen LogP contribution in [-0.2, 0) is 6.54 Å². The van der Waals surface area contributed by atoms with Gasteiger partial charge in [0.15, 0.2) is 11.6 Å². The van der Waals surface area contributed by atoms with Crippen LogP contribution in [0.15, 0.2) is 36.8 Å². The van der Waals surface area contributed by atoms with Crippen LogP contribution in [0.3, 0.4) is 0 Å². The van der Waals surface area contributed by atoms with Crippen molar-refractivity contribution in [2.24, 2.45) is 0 Å². The zero-order chi connectivity index (χ0) is 16.0. The second-order valence-electron chi connectivity index (χ2n) is 5.02. The van der Waals surface area contributed by atoms with Crippen LogP contribution >= 0.6 is 15.9 Å². The Morgan fingerprint density at radius 1 is 1.22 bits per heavy atom. The van der Waals surface area contributed by atoms with Gasteiger partial charge >= 0.3 is 0 Å². The van der Waals surface area contributed by atoms with Gasteiger partial charge in [0.25, 0.3) is 0 Å². The van der Waals surface area contributed by atoms with Crippen molar-refractivity contribution in [3.8, 4) is 16.9 Å². The van der Waals surface area contributed by atoms with Gasteiger partial charge in [-0.3, -0.25) is 5.10 Å². The lowest BCUT2D eigenvalue weighted by Crippen LogP contribution is -2.14. The van der Waals surface area contributed by atoms with E-state index < -0.39 is 11.6 Å². The number of halogens is 3. The molecule has 3 heterocycles.